The molecule has 0 fully saturated rings. The number of anilines is 3. The van der Waals surface area contributed by atoms with E-state index in [1.165, 1.54) is 24.3 Å². The molecule has 0 bridgehead atoms. The molecule has 70 heavy (non-hydrogen) atoms. The molecule has 1 heterocycles. The predicted molar refractivity (Wildman–Crippen MR) is 292 cm³/mol. The van der Waals surface area contributed by atoms with Crippen molar-refractivity contribution in [2.24, 2.45) is 0 Å². The van der Waals surface area contributed by atoms with E-state index in [-0.39, 0.29) is 5.69 Å². The van der Waals surface area contributed by atoms with Gasteiger partial charge in [0.1, 0.15) is 11.2 Å². The van der Waals surface area contributed by atoms with Gasteiger partial charge in [-0.25, -0.2) is 0 Å². The molecular formula is C68H47NO. The first kappa shape index (κ1) is 20.5. The molecule has 0 N–H and O–H groups in total. The minimum atomic E-state index is -3.96. The Balaban J connectivity index is 1.18. The summed E-state index contributed by atoms with van der Waals surface area (Å²) in [6.45, 7) is -7.93. The second kappa shape index (κ2) is 15.4. The summed E-state index contributed by atoms with van der Waals surface area (Å²) in [6, 6.07) is 2.43. The third-order valence-electron chi connectivity index (χ3n) is 13.2. The van der Waals surface area contributed by atoms with E-state index in [4.69, 9.17) is 18.1 Å². The van der Waals surface area contributed by atoms with Gasteiger partial charge in [-0.1, -0.05) is 219 Å². The van der Waals surface area contributed by atoms with E-state index in [9.17, 15) is 27.4 Å². The lowest BCUT2D eigenvalue weighted by atomic mass is 9.67. The molecule has 0 saturated carbocycles. The van der Waals surface area contributed by atoms with Crippen molar-refractivity contribution < 1.29 is 45.5 Å². The molecule has 1 aromatic heterocycles. The van der Waals surface area contributed by atoms with E-state index in [0.717, 1.165) is 26.4 Å². The minimum absolute atomic E-state index is 0.378. The van der Waals surface area contributed by atoms with Gasteiger partial charge in [0.15, 0.2) is 0 Å². The van der Waals surface area contributed by atoms with E-state index in [2.05, 4.69) is 0 Å². The van der Waals surface area contributed by atoms with Crippen LogP contribution in [0.4, 0.5) is 17.1 Å². The maximum absolute atomic E-state index is 11.0. The number of hydrogen-bond donors (Lipinski definition) is 0. The molecule has 0 aliphatic heterocycles. The van der Waals surface area contributed by atoms with Crippen molar-refractivity contribution in [1.82, 2.24) is 0 Å². The van der Waals surface area contributed by atoms with Gasteiger partial charge in [0.25, 0.3) is 0 Å². The van der Waals surface area contributed by atoms with Crippen LogP contribution in [-0.4, -0.2) is 0 Å². The summed E-state index contributed by atoms with van der Waals surface area (Å²) < 4.78 is 290. The van der Waals surface area contributed by atoms with Gasteiger partial charge in [-0.15, -0.1) is 0 Å². The number of rotatable bonds is 7. The van der Waals surface area contributed by atoms with Crippen LogP contribution in [0.2, 0.25) is 0 Å². The molecule has 2 nitrogen and oxygen atoms in total. The maximum Gasteiger partial charge on any atom is 0.143 e. The van der Waals surface area contributed by atoms with Crippen LogP contribution in [-0.2, 0) is 10.8 Å². The van der Waals surface area contributed by atoms with Crippen LogP contribution in [0.15, 0.2) is 253 Å². The Morgan fingerprint density at radius 1 is 0.414 bits per heavy atom. The smallest absolute Gasteiger partial charge is 0.143 e. The predicted octanol–water partition coefficient (Wildman–Crippen LogP) is 18.2. The van der Waals surface area contributed by atoms with Crippen molar-refractivity contribution in [2.45, 2.75) is 24.5 Å². The van der Waals surface area contributed by atoms with Crippen LogP contribution in [0.25, 0.3) is 77.2 Å². The van der Waals surface area contributed by atoms with E-state index in [0.29, 0.717) is 33.4 Å². The van der Waals surface area contributed by atoms with Gasteiger partial charge in [0.2, 0.25) is 0 Å². The average Bonchev–Trinajstić information content (AvgIpc) is 1.48. The van der Waals surface area contributed by atoms with Crippen LogP contribution in [0.3, 0.4) is 0 Å². The highest BCUT2D eigenvalue weighted by Gasteiger charge is 2.46. The molecule has 0 radical (unpaired) electrons. The summed E-state index contributed by atoms with van der Waals surface area (Å²) >= 11 is 0. The highest BCUT2D eigenvalue weighted by Crippen LogP contribution is 2.58. The summed E-state index contributed by atoms with van der Waals surface area (Å²) in [6.07, 6.45) is 0. The number of para-hydroxylation sites is 2. The molecule has 0 atom stereocenters. The van der Waals surface area contributed by atoms with E-state index in [1.54, 1.807) is 0 Å². The minimum Gasteiger partial charge on any atom is -0.455 e. The first-order chi connectivity index (χ1) is 47.0. The Morgan fingerprint density at radius 3 is 1.73 bits per heavy atom. The highest BCUT2D eigenvalue weighted by molar-refractivity contribution is 6.14. The van der Waals surface area contributed by atoms with Crippen LogP contribution >= 0.6 is 0 Å². The monoisotopic (exact) mass is 924 g/mol. The highest BCUT2D eigenvalue weighted by atomic mass is 16.3. The molecule has 0 amide bonds. The van der Waals surface area contributed by atoms with Crippen molar-refractivity contribution in [3.8, 4) is 44.5 Å². The fraction of sp³-hybridized carbons (Fsp3) is 0.0588. The molecule has 14 rings (SSSR count). The zero-order valence-electron chi connectivity index (χ0n) is 66.2. The van der Waals surface area contributed by atoms with E-state index >= 15 is 0 Å². The second-order valence-electron chi connectivity index (χ2n) is 16.8. The van der Waals surface area contributed by atoms with E-state index in [1.807, 2.05) is 78.9 Å². The van der Waals surface area contributed by atoms with Crippen LogP contribution < -0.4 is 4.90 Å². The van der Waals surface area contributed by atoms with Gasteiger partial charge >= 0.3 is 0 Å². The van der Waals surface area contributed by atoms with Gasteiger partial charge in [-0.05, 0) is 120 Å². The summed E-state index contributed by atoms with van der Waals surface area (Å²) in [7, 11) is 0. The topological polar surface area (TPSA) is 16.4 Å². The van der Waals surface area contributed by atoms with E-state index < -0.39 is 237 Å². The molecule has 0 spiro atoms. The molecule has 2 aliphatic rings. The van der Waals surface area contributed by atoms with Crippen LogP contribution in [0, 0.1) is 0 Å². The largest absolute Gasteiger partial charge is 0.455 e. The fourth-order valence-electron chi connectivity index (χ4n) is 10.2. The van der Waals surface area contributed by atoms with Crippen LogP contribution in [0.1, 0.15) is 88.2 Å². The molecular weight excluding hydrogens is 847 g/mol. The van der Waals surface area contributed by atoms with Gasteiger partial charge < -0.3 is 9.32 Å². The third kappa shape index (κ3) is 5.80. The molecule has 11 aromatic carbocycles. The number of fused-ring (bicyclic) bond motifs is 10. The summed E-state index contributed by atoms with van der Waals surface area (Å²) in [4.78, 5) is 0.723. The molecule has 12 aromatic rings. The van der Waals surface area contributed by atoms with Crippen molar-refractivity contribution in [3.05, 3.63) is 282 Å². The lowest BCUT2D eigenvalue weighted by Gasteiger charge is -2.35. The summed E-state index contributed by atoms with van der Waals surface area (Å²) in [5.74, 6) is 0. The Hall–Kier alpha value is -8.72. The number of benzene rings is 11. The van der Waals surface area contributed by atoms with Gasteiger partial charge in [0.05, 0.1) is 38.3 Å². The van der Waals surface area contributed by atoms with Crippen molar-refractivity contribution in [2.75, 3.05) is 4.90 Å². The second-order valence-corrected chi connectivity index (χ2v) is 16.8. The first-order valence-corrected chi connectivity index (χ1v) is 22.0. The molecule has 330 valence electrons. The van der Waals surface area contributed by atoms with Crippen molar-refractivity contribution in [3.63, 3.8) is 0 Å². The van der Waals surface area contributed by atoms with Gasteiger partial charge in [0, 0.05) is 52.6 Å². The molecule has 0 saturated heterocycles. The average molecular weight is 924 g/mol. The molecule has 2 heteroatoms. The summed E-state index contributed by atoms with van der Waals surface area (Å²) in [5, 5.41) is 3.16. The number of hydrogen-bond acceptors (Lipinski definition) is 2. The molecule has 0 unspecified atom stereocenters. The van der Waals surface area contributed by atoms with Gasteiger partial charge in [-0.2, -0.15) is 0 Å². The molecule has 2 aliphatic carbocycles. The lowest BCUT2D eigenvalue weighted by Crippen LogP contribution is -2.28. The zero-order chi connectivity index (χ0) is 72.4. The Morgan fingerprint density at radius 2 is 1.00 bits per heavy atom. The number of furan rings is 1. The third-order valence-corrected chi connectivity index (χ3v) is 13.2. The van der Waals surface area contributed by atoms with Crippen molar-refractivity contribution >= 4 is 49.8 Å². The first-order valence-electron chi connectivity index (χ1n) is 37.0. The Kier molecular flexibility index (Phi) is 4.51. The maximum atomic E-state index is 11.0. The quantitative estimate of drug-likeness (QED) is 0.158. The van der Waals surface area contributed by atoms with Crippen molar-refractivity contribution in [1.29, 1.82) is 0 Å². The normalized spacial score (nSPS) is 20.2. The van der Waals surface area contributed by atoms with Gasteiger partial charge in [-0.3, -0.25) is 0 Å². The fourth-order valence-corrected chi connectivity index (χ4v) is 10.2. The van der Waals surface area contributed by atoms with Crippen LogP contribution in [0.5, 0.6) is 0 Å². The lowest BCUT2D eigenvalue weighted by molar-refractivity contribution is 0.660. The zero-order valence-corrected chi connectivity index (χ0v) is 36.2. The Labute approximate surface area is 450 Å². The number of nitrogens with zero attached hydrogens (tertiary/aromatic N) is 1. The SMILES string of the molecule is [2H]c1c([2H])c([2H])c(C2(c3c([2H])c([2H])c([2H])c([2H])c3[2H])c3c([2H])c([2H])c([2H])c([2H])c3-c3c([2H])c([2H])c(N(c4ccc(-c5ccc6ccccc6c5-c5cccc6c5oc5ccccc56)cc4)c4c([2H])c([2H])c5c(c4[2H])C(C([2H])([2H])[2H])(C([2H])([2H])[2H])c4c([2H])c([2H])c([2H])c([2H])c4-5)c([2H])c32)c([2H])c1[2H]. The Bertz CT molecular complexity index is 5570. The summed E-state index contributed by atoms with van der Waals surface area (Å²) in [5.41, 5.74) is -16.0. The standard InChI is InChI=1S/C68H47NO/c1-67(2)60-29-14-11-24-53(60)55-40-37-49(42-62(55)67)69(50-38-41-56-54-25-12-15-30-61(54)68(63(56)43-50,46-19-5-3-6-20-46)47-21-7-4-8-22-47)48-35-32-45(33-36-48)52-39-34-44-18-9-10-23-51(44)65(52)59-28-17-27-58-57-26-13-16-31-64(57)70-66(58)59/h3-43H,1-2H3/i1D3,2D3,3D,4D,5D,6D,7D,8D,11D,12D,14D,15D,19D,20D,21D,22D,24D,25D,29D,30D,37D,38D,40D,41D,42D,43D.